The molecular formula is C19H16N4O3S. The lowest BCUT2D eigenvalue weighted by molar-refractivity contribution is -0.137. The predicted molar refractivity (Wildman–Crippen MR) is 100 cm³/mol. The van der Waals surface area contributed by atoms with Crippen LogP contribution in [0.15, 0.2) is 58.4 Å². The lowest BCUT2D eigenvalue weighted by atomic mass is 10.1. The van der Waals surface area contributed by atoms with E-state index in [0.29, 0.717) is 24.7 Å². The SMILES string of the molecule is O=C1OCCC1Sc1nnc(-c2c[nH]c3ccccc23)n1Cc1ccco1. The normalized spacial score (nSPS) is 16.9. The van der Waals surface area contributed by atoms with Crippen LogP contribution in [-0.4, -0.2) is 37.6 Å². The molecule has 1 saturated heterocycles. The topological polar surface area (TPSA) is 85.9 Å². The number of aromatic nitrogens is 4. The molecule has 0 aliphatic carbocycles. The van der Waals surface area contributed by atoms with E-state index in [-0.39, 0.29) is 11.2 Å². The van der Waals surface area contributed by atoms with Gasteiger partial charge in [-0.2, -0.15) is 0 Å². The quantitative estimate of drug-likeness (QED) is 0.534. The zero-order valence-electron chi connectivity index (χ0n) is 14.3. The van der Waals surface area contributed by atoms with Crippen LogP contribution in [0.25, 0.3) is 22.3 Å². The molecule has 0 saturated carbocycles. The molecule has 5 rings (SSSR count). The van der Waals surface area contributed by atoms with Gasteiger partial charge in [0.25, 0.3) is 0 Å². The Bertz CT molecular complexity index is 1100. The monoisotopic (exact) mass is 380 g/mol. The third-order valence-corrected chi connectivity index (χ3v) is 5.80. The molecule has 1 N–H and O–H groups in total. The fraction of sp³-hybridized carbons (Fsp3) is 0.211. The van der Waals surface area contributed by atoms with E-state index >= 15 is 0 Å². The molecule has 0 amide bonds. The Hall–Kier alpha value is -3.00. The van der Waals surface area contributed by atoms with E-state index in [2.05, 4.69) is 15.2 Å². The zero-order chi connectivity index (χ0) is 18.2. The lowest BCUT2D eigenvalue weighted by Gasteiger charge is -2.10. The van der Waals surface area contributed by atoms with Gasteiger partial charge in [-0.15, -0.1) is 10.2 Å². The van der Waals surface area contributed by atoms with E-state index in [9.17, 15) is 4.79 Å². The first-order valence-electron chi connectivity index (χ1n) is 8.65. The Morgan fingerprint density at radius 2 is 2.15 bits per heavy atom. The summed E-state index contributed by atoms with van der Waals surface area (Å²) in [4.78, 5) is 15.2. The van der Waals surface area contributed by atoms with Gasteiger partial charge in [0.2, 0.25) is 0 Å². The van der Waals surface area contributed by atoms with Gasteiger partial charge in [-0.3, -0.25) is 9.36 Å². The van der Waals surface area contributed by atoms with Gasteiger partial charge in [0, 0.05) is 29.1 Å². The van der Waals surface area contributed by atoms with Crippen LogP contribution in [0.1, 0.15) is 12.2 Å². The Morgan fingerprint density at radius 1 is 1.22 bits per heavy atom. The minimum absolute atomic E-state index is 0.193. The number of nitrogens with zero attached hydrogens (tertiary/aromatic N) is 3. The van der Waals surface area contributed by atoms with E-state index in [1.54, 1.807) is 6.26 Å². The van der Waals surface area contributed by atoms with Gasteiger partial charge in [-0.1, -0.05) is 30.0 Å². The number of thioether (sulfide) groups is 1. The van der Waals surface area contributed by atoms with Crippen molar-refractivity contribution < 1.29 is 13.9 Å². The molecule has 0 radical (unpaired) electrons. The number of esters is 1. The summed E-state index contributed by atoms with van der Waals surface area (Å²) in [5.41, 5.74) is 2.00. The summed E-state index contributed by atoms with van der Waals surface area (Å²) in [6.07, 6.45) is 4.26. The second-order valence-electron chi connectivity index (χ2n) is 6.28. The molecule has 1 aliphatic heterocycles. The summed E-state index contributed by atoms with van der Waals surface area (Å²) in [5.74, 6) is 1.34. The smallest absolute Gasteiger partial charge is 0.319 e. The van der Waals surface area contributed by atoms with E-state index in [1.807, 2.05) is 47.2 Å². The number of hydrogen-bond donors (Lipinski definition) is 1. The number of rotatable bonds is 5. The maximum absolute atomic E-state index is 11.9. The number of cyclic esters (lactones) is 1. The van der Waals surface area contributed by atoms with Gasteiger partial charge in [0.1, 0.15) is 11.0 Å². The number of para-hydroxylation sites is 1. The summed E-state index contributed by atoms with van der Waals surface area (Å²) in [7, 11) is 0. The molecular weight excluding hydrogens is 364 g/mol. The van der Waals surface area contributed by atoms with Crippen LogP contribution < -0.4 is 0 Å². The summed E-state index contributed by atoms with van der Waals surface area (Å²) >= 11 is 1.39. The highest BCUT2D eigenvalue weighted by Crippen LogP contribution is 2.34. The zero-order valence-corrected chi connectivity index (χ0v) is 15.1. The highest BCUT2D eigenvalue weighted by Gasteiger charge is 2.30. The van der Waals surface area contributed by atoms with Crippen molar-refractivity contribution in [3.8, 4) is 11.4 Å². The van der Waals surface area contributed by atoms with Crippen LogP contribution in [0.4, 0.5) is 0 Å². The van der Waals surface area contributed by atoms with Crippen LogP contribution in [0.3, 0.4) is 0 Å². The fourth-order valence-corrected chi connectivity index (χ4v) is 4.24. The minimum Gasteiger partial charge on any atom is -0.467 e. The van der Waals surface area contributed by atoms with Crippen molar-refractivity contribution >= 4 is 28.6 Å². The van der Waals surface area contributed by atoms with Gasteiger partial charge in [-0.25, -0.2) is 0 Å². The molecule has 4 heterocycles. The largest absolute Gasteiger partial charge is 0.467 e. The van der Waals surface area contributed by atoms with Crippen molar-refractivity contribution in [2.75, 3.05) is 6.61 Å². The number of ether oxygens (including phenoxy) is 1. The maximum Gasteiger partial charge on any atom is 0.319 e. The first-order chi connectivity index (χ1) is 13.3. The van der Waals surface area contributed by atoms with E-state index in [0.717, 1.165) is 28.1 Å². The van der Waals surface area contributed by atoms with Crippen LogP contribution in [-0.2, 0) is 16.1 Å². The first kappa shape index (κ1) is 16.2. The molecule has 27 heavy (non-hydrogen) atoms. The molecule has 8 heteroatoms. The Balaban J connectivity index is 1.59. The van der Waals surface area contributed by atoms with Crippen molar-refractivity contribution in [1.82, 2.24) is 19.7 Å². The maximum atomic E-state index is 11.9. The standard InChI is InChI=1S/C19H16N4O3S/c24-18-16(7-9-26-18)27-19-22-21-17(23(19)11-12-4-3-8-25-12)14-10-20-15-6-2-1-5-13(14)15/h1-6,8,10,16,20H,7,9,11H2. The van der Waals surface area contributed by atoms with Crippen LogP contribution in [0, 0.1) is 0 Å². The number of H-pyrrole nitrogens is 1. The second kappa shape index (κ2) is 6.62. The van der Waals surface area contributed by atoms with Gasteiger partial charge < -0.3 is 14.1 Å². The number of nitrogens with one attached hydrogen (secondary N) is 1. The average molecular weight is 380 g/mol. The molecule has 7 nitrogen and oxygen atoms in total. The molecule has 1 unspecified atom stereocenters. The van der Waals surface area contributed by atoms with Gasteiger partial charge in [-0.05, 0) is 18.2 Å². The number of furan rings is 1. The van der Waals surface area contributed by atoms with Crippen molar-refractivity contribution in [3.63, 3.8) is 0 Å². The van der Waals surface area contributed by atoms with Gasteiger partial charge in [0.15, 0.2) is 11.0 Å². The van der Waals surface area contributed by atoms with E-state index < -0.39 is 0 Å². The number of aromatic amines is 1. The van der Waals surface area contributed by atoms with Crippen molar-refractivity contribution in [2.24, 2.45) is 0 Å². The van der Waals surface area contributed by atoms with Crippen LogP contribution in [0.5, 0.6) is 0 Å². The number of benzene rings is 1. The summed E-state index contributed by atoms with van der Waals surface area (Å²) < 4.78 is 12.6. The van der Waals surface area contributed by atoms with Crippen LogP contribution >= 0.6 is 11.8 Å². The lowest BCUT2D eigenvalue weighted by Crippen LogP contribution is -2.12. The second-order valence-corrected chi connectivity index (χ2v) is 7.45. The third kappa shape index (κ3) is 2.91. The Morgan fingerprint density at radius 3 is 2.96 bits per heavy atom. The molecule has 1 fully saturated rings. The number of carbonyl (C=O) groups excluding carboxylic acids is 1. The molecule has 0 bridgehead atoms. The molecule has 3 aromatic heterocycles. The van der Waals surface area contributed by atoms with Crippen molar-refractivity contribution in [2.45, 2.75) is 23.4 Å². The Labute approximate surface area is 158 Å². The molecule has 1 aliphatic rings. The van der Waals surface area contributed by atoms with E-state index in [1.165, 1.54) is 11.8 Å². The number of fused-ring (bicyclic) bond motifs is 1. The fourth-order valence-electron chi connectivity index (χ4n) is 3.24. The van der Waals surface area contributed by atoms with Crippen LogP contribution in [0.2, 0.25) is 0 Å². The molecule has 0 spiro atoms. The predicted octanol–water partition coefficient (Wildman–Crippen LogP) is 3.48. The molecule has 1 aromatic carbocycles. The first-order valence-corrected chi connectivity index (χ1v) is 9.53. The van der Waals surface area contributed by atoms with E-state index in [4.69, 9.17) is 9.15 Å². The highest BCUT2D eigenvalue weighted by atomic mass is 32.2. The minimum atomic E-state index is -0.250. The summed E-state index contributed by atoms with van der Waals surface area (Å²) in [5, 5.41) is 10.3. The van der Waals surface area contributed by atoms with Gasteiger partial charge >= 0.3 is 5.97 Å². The van der Waals surface area contributed by atoms with Crippen molar-refractivity contribution in [3.05, 3.63) is 54.6 Å². The molecule has 1 atom stereocenters. The number of hydrogen-bond acceptors (Lipinski definition) is 6. The Kier molecular flexibility index (Phi) is 3.97. The van der Waals surface area contributed by atoms with Gasteiger partial charge in [0.05, 0.1) is 19.4 Å². The summed E-state index contributed by atoms with van der Waals surface area (Å²) in [6, 6.07) is 11.8. The highest BCUT2D eigenvalue weighted by molar-refractivity contribution is 8.00. The molecule has 4 aromatic rings. The van der Waals surface area contributed by atoms with Crippen molar-refractivity contribution in [1.29, 1.82) is 0 Å². The number of carbonyl (C=O) groups is 1. The third-order valence-electron chi connectivity index (χ3n) is 4.58. The molecule has 136 valence electrons. The summed E-state index contributed by atoms with van der Waals surface area (Å²) in [6.45, 7) is 0.942. The average Bonchev–Trinajstić information content (AvgIpc) is 3.46.